The minimum absolute atomic E-state index is 0.0943. The largest absolute Gasteiger partial charge is 0.421 e. The molecular formula is C21H15ClF4O3S. The van der Waals surface area contributed by atoms with Crippen LogP contribution in [0.25, 0.3) is 11.1 Å². The summed E-state index contributed by atoms with van der Waals surface area (Å²) in [5.41, 5.74) is -2.42. The molecular weight excluding hydrogens is 444 g/mol. The Morgan fingerprint density at radius 1 is 0.867 bits per heavy atom. The van der Waals surface area contributed by atoms with E-state index in [1.165, 1.54) is 42.5 Å². The minimum atomic E-state index is -4.92. The molecule has 3 nitrogen and oxygen atoms in total. The van der Waals surface area contributed by atoms with E-state index in [1.807, 2.05) is 0 Å². The normalized spacial score (nSPS) is 14.4. The van der Waals surface area contributed by atoms with Crippen LogP contribution in [0.2, 0.25) is 5.02 Å². The van der Waals surface area contributed by atoms with Crippen molar-refractivity contribution in [3.63, 3.8) is 0 Å². The number of aliphatic hydroxyl groups is 1. The Morgan fingerprint density at radius 2 is 1.40 bits per heavy atom. The third-order valence-corrected chi connectivity index (χ3v) is 6.93. The number of benzene rings is 3. The zero-order chi connectivity index (χ0) is 22.3. The summed E-state index contributed by atoms with van der Waals surface area (Å²) in [4.78, 5) is -0.508. The molecule has 0 aromatic heterocycles. The van der Waals surface area contributed by atoms with Crippen LogP contribution < -0.4 is 0 Å². The quantitative estimate of drug-likeness (QED) is 0.506. The molecule has 0 fully saturated rings. The van der Waals surface area contributed by atoms with E-state index >= 15 is 0 Å². The summed E-state index contributed by atoms with van der Waals surface area (Å²) in [6.07, 6.45) is -4.92. The van der Waals surface area contributed by atoms with E-state index < -0.39 is 33.0 Å². The average Bonchev–Trinajstić information content (AvgIpc) is 2.67. The Kier molecular flexibility index (Phi) is 5.70. The maximum absolute atomic E-state index is 13.1. The van der Waals surface area contributed by atoms with E-state index in [0.717, 1.165) is 24.3 Å². The van der Waals surface area contributed by atoms with Crippen LogP contribution in [0.3, 0.4) is 0 Å². The van der Waals surface area contributed by atoms with Crippen LogP contribution >= 0.6 is 11.6 Å². The molecule has 1 N–H and O–H groups in total. The highest BCUT2D eigenvalue weighted by Gasteiger charge is 2.51. The predicted octanol–water partition coefficient (Wildman–Crippen LogP) is 5.75. The Labute approximate surface area is 175 Å². The van der Waals surface area contributed by atoms with Crippen LogP contribution in [0.5, 0.6) is 0 Å². The maximum atomic E-state index is 13.1. The predicted molar refractivity (Wildman–Crippen MR) is 104 cm³/mol. The number of sulfone groups is 1. The topological polar surface area (TPSA) is 54.4 Å². The van der Waals surface area contributed by atoms with Gasteiger partial charge in [0.25, 0.3) is 0 Å². The molecule has 0 bridgehead atoms. The van der Waals surface area contributed by atoms with Gasteiger partial charge >= 0.3 is 6.18 Å². The van der Waals surface area contributed by atoms with Gasteiger partial charge in [-0.25, -0.2) is 12.8 Å². The second kappa shape index (κ2) is 7.68. The maximum Gasteiger partial charge on any atom is 0.421 e. The second-order valence-corrected chi connectivity index (χ2v) is 9.08. The molecule has 0 heterocycles. The summed E-state index contributed by atoms with van der Waals surface area (Å²) >= 11 is 6.17. The van der Waals surface area contributed by atoms with Crippen molar-refractivity contribution in [3.8, 4) is 11.1 Å². The summed E-state index contributed by atoms with van der Waals surface area (Å²) in [6.45, 7) is 0.585. The fourth-order valence-corrected chi connectivity index (χ4v) is 4.59. The van der Waals surface area contributed by atoms with E-state index in [-0.39, 0.29) is 14.8 Å². The number of alkyl halides is 3. The first kappa shape index (κ1) is 22.3. The van der Waals surface area contributed by atoms with Gasteiger partial charge in [-0.2, -0.15) is 13.2 Å². The first-order valence-corrected chi connectivity index (χ1v) is 10.4. The zero-order valence-electron chi connectivity index (χ0n) is 15.4. The third kappa shape index (κ3) is 4.08. The van der Waals surface area contributed by atoms with Crippen molar-refractivity contribution < 1.29 is 31.1 Å². The van der Waals surface area contributed by atoms with Gasteiger partial charge in [-0.1, -0.05) is 41.9 Å². The molecule has 9 heteroatoms. The van der Waals surface area contributed by atoms with Gasteiger partial charge in [0.05, 0.1) is 14.8 Å². The zero-order valence-corrected chi connectivity index (χ0v) is 17.0. The molecule has 0 saturated carbocycles. The monoisotopic (exact) mass is 458 g/mol. The van der Waals surface area contributed by atoms with Crippen molar-refractivity contribution in [1.29, 1.82) is 0 Å². The second-order valence-electron chi connectivity index (χ2n) is 6.75. The molecule has 0 amide bonds. The van der Waals surface area contributed by atoms with Gasteiger partial charge < -0.3 is 5.11 Å². The van der Waals surface area contributed by atoms with E-state index in [2.05, 4.69) is 0 Å². The van der Waals surface area contributed by atoms with Gasteiger partial charge in [-0.3, -0.25) is 0 Å². The number of hydrogen-bond donors (Lipinski definition) is 1. The first-order chi connectivity index (χ1) is 13.8. The summed E-state index contributed by atoms with van der Waals surface area (Å²) < 4.78 is 77.7. The van der Waals surface area contributed by atoms with Gasteiger partial charge in [0.2, 0.25) is 9.84 Å². The Hall–Kier alpha value is -2.42. The van der Waals surface area contributed by atoms with Crippen LogP contribution in [0.15, 0.2) is 76.5 Å². The van der Waals surface area contributed by atoms with Crippen LogP contribution in [0.1, 0.15) is 12.5 Å². The van der Waals surface area contributed by atoms with E-state index in [1.54, 1.807) is 0 Å². The van der Waals surface area contributed by atoms with Gasteiger partial charge in [0.1, 0.15) is 5.82 Å². The van der Waals surface area contributed by atoms with Crippen molar-refractivity contribution >= 4 is 21.4 Å². The molecule has 0 saturated heterocycles. The van der Waals surface area contributed by atoms with Crippen molar-refractivity contribution in [2.45, 2.75) is 28.5 Å². The molecule has 0 radical (unpaired) electrons. The fraction of sp³-hybridized carbons (Fsp3) is 0.143. The lowest BCUT2D eigenvalue weighted by Gasteiger charge is -2.26. The molecule has 1 atom stereocenters. The lowest BCUT2D eigenvalue weighted by atomic mass is 9.96. The van der Waals surface area contributed by atoms with E-state index in [9.17, 15) is 31.1 Å². The van der Waals surface area contributed by atoms with Crippen LogP contribution in [0, 0.1) is 5.82 Å². The molecule has 30 heavy (non-hydrogen) atoms. The molecule has 0 aliphatic rings. The summed E-state index contributed by atoms with van der Waals surface area (Å²) in [7, 11) is -4.13. The SMILES string of the molecule is CC(O)(c1ccc(S(=O)(=O)c2ccc(-c3ccc(F)cc3)cc2Cl)cc1)C(F)(F)F. The fourth-order valence-electron chi connectivity index (χ4n) is 2.79. The Bertz CT molecular complexity index is 1170. The Balaban J connectivity index is 1.96. The van der Waals surface area contributed by atoms with Gasteiger partial charge in [-0.15, -0.1) is 0 Å². The third-order valence-electron chi connectivity index (χ3n) is 4.68. The molecule has 158 valence electrons. The number of hydrogen-bond acceptors (Lipinski definition) is 3. The minimum Gasteiger partial charge on any atom is -0.376 e. The highest BCUT2D eigenvalue weighted by molar-refractivity contribution is 7.91. The van der Waals surface area contributed by atoms with E-state index in [0.29, 0.717) is 18.1 Å². The number of rotatable bonds is 4. The molecule has 1 unspecified atom stereocenters. The van der Waals surface area contributed by atoms with Crippen molar-refractivity contribution in [2.75, 3.05) is 0 Å². The molecule has 0 spiro atoms. The Morgan fingerprint density at radius 3 is 1.90 bits per heavy atom. The average molecular weight is 459 g/mol. The molecule has 3 aromatic rings. The van der Waals surface area contributed by atoms with Crippen LogP contribution in [-0.4, -0.2) is 19.7 Å². The van der Waals surface area contributed by atoms with Crippen molar-refractivity contribution in [3.05, 3.63) is 83.1 Å². The highest BCUT2D eigenvalue weighted by Crippen LogP contribution is 2.39. The molecule has 3 rings (SSSR count). The van der Waals surface area contributed by atoms with Crippen molar-refractivity contribution in [2.24, 2.45) is 0 Å². The lowest BCUT2D eigenvalue weighted by molar-refractivity contribution is -0.258. The summed E-state index contributed by atoms with van der Waals surface area (Å²) in [6, 6.07) is 13.5. The van der Waals surface area contributed by atoms with Crippen molar-refractivity contribution in [1.82, 2.24) is 0 Å². The first-order valence-electron chi connectivity index (χ1n) is 8.54. The molecule has 3 aromatic carbocycles. The summed E-state index contributed by atoms with van der Waals surface area (Å²) in [5, 5.41) is 9.62. The van der Waals surface area contributed by atoms with Crippen LogP contribution in [0.4, 0.5) is 17.6 Å². The standard InChI is InChI=1S/C21H15ClF4O3S/c1-20(27,21(24,25)26)15-5-9-17(10-6-15)30(28,29)19-11-4-14(12-18(19)22)13-2-7-16(23)8-3-13/h2-12,27H,1H3. The van der Waals surface area contributed by atoms with Gasteiger partial charge in [0.15, 0.2) is 5.60 Å². The summed E-state index contributed by atoms with van der Waals surface area (Å²) in [5.74, 6) is -0.419. The van der Waals surface area contributed by atoms with Gasteiger partial charge in [0, 0.05) is 0 Å². The molecule has 0 aliphatic heterocycles. The van der Waals surface area contributed by atoms with Gasteiger partial charge in [-0.05, 0) is 60.0 Å². The smallest absolute Gasteiger partial charge is 0.376 e. The lowest BCUT2D eigenvalue weighted by Crippen LogP contribution is -2.39. The molecule has 0 aliphatic carbocycles. The van der Waals surface area contributed by atoms with E-state index in [4.69, 9.17) is 11.6 Å². The van der Waals surface area contributed by atoms with Crippen LogP contribution in [-0.2, 0) is 15.4 Å². The number of halogens is 5. The highest BCUT2D eigenvalue weighted by atomic mass is 35.5.